The minimum atomic E-state index is -0.881. The second-order valence-electron chi connectivity index (χ2n) is 4.56. The van der Waals surface area contributed by atoms with Gasteiger partial charge in [0.2, 0.25) is 0 Å². The Morgan fingerprint density at radius 1 is 1.11 bits per heavy atom. The highest BCUT2D eigenvalue weighted by atomic mass is 32.2. The third-order valence-corrected chi connectivity index (χ3v) is 4.17. The molecule has 1 N–H and O–H groups in total. The highest BCUT2D eigenvalue weighted by Crippen LogP contribution is 2.27. The first kappa shape index (κ1) is 13.7. The maximum atomic E-state index is 10.8. The fraction of sp³-hybridized carbons (Fsp3) is 0.188. The summed E-state index contributed by atoms with van der Waals surface area (Å²) in [6.45, 7) is 4.19. The number of carboxylic acid groups (broad SMARTS) is 1. The van der Waals surface area contributed by atoms with Crippen molar-refractivity contribution in [2.24, 2.45) is 0 Å². The molecule has 98 valence electrons. The molecule has 2 rings (SSSR count). The summed E-state index contributed by atoms with van der Waals surface area (Å²) in [4.78, 5) is 12.0. The number of thioether (sulfide) groups is 1. The van der Waals surface area contributed by atoms with Crippen LogP contribution in [0.2, 0.25) is 0 Å². The van der Waals surface area contributed by atoms with Crippen LogP contribution in [0.15, 0.2) is 47.4 Å². The summed E-state index contributed by atoms with van der Waals surface area (Å²) >= 11 is 1.78. The van der Waals surface area contributed by atoms with Crippen LogP contribution in [0.25, 0.3) is 0 Å². The van der Waals surface area contributed by atoms with Gasteiger partial charge in [-0.1, -0.05) is 29.8 Å². The summed E-state index contributed by atoms with van der Waals surface area (Å²) in [5.41, 5.74) is 4.00. The van der Waals surface area contributed by atoms with Gasteiger partial charge in [0.1, 0.15) is 0 Å². The molecule has 0 heterocycles. The highest BCUT2D eigenvalue weighted by molar-refractivity contribution is 7.98. The van der Waals surface area contributed by atoms with Crippen LogP contribution in [0, 0.1) is 13.8 Å². The Balaban J connectivity index is 2.06. The van der Waals surface area contributed by atoms with Crippen LogP contribution in [0.4, 0.5) is 0 Å². The van der Waals surface area contributed by atoms with Gasteiger partial charge in [0, 0.05) is 10.6 Å². The van der Waals surface area contributed by atoms with Crippen molar-refractivity contribution in [3.8, 4) is 0 Å². The Labute approximate surface area is 117 Å². The quantitative estimate of drug-likeness (QED) is 0.843. The standard InChI is InChI=1S/C16H16O2S/c1-11-3-4-12(2)15(9-11)19-10-13-5-7-14(8-6-13)16(17)18/h3-9H,10H2,1-2H3,(H,17,18). The van der Waals surface area contributed by atoms with Gasteiger partial charge < -0.3 is 5.11 Å². The van der Waals surface area contributed by atoms with Gasteiger partial charge in [0.15, 0.2) is 0 Å². The molecule has 0 bridgehead atoms. The third-order valence-electron chi connectivity index (χ3n) is 2.94. The maximum Gasteiger partial charge on any atom is 0.335 e. The second-order valence-corrected chi connectivity index (χ2v) is 5.58. The summed E-state index contributed by atoms with van der Waals surface area (Å²) in [5.74, 6) is -0.0294. The molecule has 19 heavy (non-hydrogen) atoms. The summed E-state index contributed by atoms with van der Waals surface area (Å²) in [5, 5.41) is 8.85. The van der Waals surface area contributed by atoms with E-state index >= 15 is 0 Å². The van der Waals surface area contributed by atoms with Gasteiger partial charge in [0.25, 0.3) is 0 Å². The summed E-state index contributed by atoms with van der Waals surface area (Å²) in [6.07, 6.45) is 0. The van der Waals surface area contributed by atoms with Gasteiger partial charge in [-0.3, -0.25) is 0 Å². The number of rotatable bonds is 4. The first-order chi connectivity index (χ1) is 9.06. The molecule has 0 saturated carbocycles. The maximum absolute atomic E-state index is 10.8. The van der Waals surface area contributed by atoms with E-state index < -0.39 is 5.97 Å². The van der Waals surface area contributed by atoms with E-state index in [0.29, 0.717) is 5.56 Å². The van der Waals surface area contributed by atoms with E-state index in [0.717, 1.165) is 11.3 Å². The van der Waals surface area contributed by atoms with E-state index in [1.807, 2.05) is 12.1 Å². The van der Waals surface area contributed by atoms with Crippen molar-refractivity contribution >= 4 is 17.7 Å². The van der Waals surface area contributed by atoms with E-state index in [2.05, 4.69) is 32.0 Å². The smallest absolute Gasteiger partial charge is 0.335 e. The van der Waals surface area contributed by atoms with Crippen LogP contribution >= 0.6 is 11.8 Å². The molecule has 2 aromatic rings. The molecule has 0 aromatic heterocycles. The zero-order valence-electron chi connectivity index (χ0n) is 11.0. The predicted molar refractivity (Wildman–Crippen MR) is 78.9 cm³/mol. The average molecular weight is 272 g/mol. The van der Waals surface area contributed by atoms with E-state index in [4.69, 9.17) is 5.11 Å². The van der Waals surface area contributed by atoms with E-state index in [-0.39, 0.29) is 0 Å². The molecule has 2 nitrogen and oxygen atoms in total. The molecule has 0 aliphatic rings. The fourth-order valence-corrected chi connectivity index (χ4v) is 2.85. The predicted octanol–water partition coefficient (Wildman–Crippen LogP) is 4.29. The minimum absolute atomic E-state index is 0.334. The largest absolute Gasteiger partial charge is 0.478 e. The van der Waals surface area contributed by atoms with Gasteiger partial charge in [-0.15, -0.1) is 11.8 Å². The molecular formula is C16H16O2S. The molecular weight excluding hydrogens is 256 g/mol. The lowest BCUT2D eigenvalue weighted by Gasteiger charge is -2.07. The molecule has 0 saturated heterocycles. The third kappa shape index (κ3) is 3.61. The lowest BCUT2D eigenvalue weighted by atomic mass is 10.1. The van der Waals surface area contributed by atoms with E-state index in [9.17, 15) is 4.79 Å². The normalized spacial score (nSPS) is 10.4. The number of carbonyl (C=O) groups is 1. The summed E-state index contributed by atoms with van der Waals surface area (Å²) < 4.78 is 0. The molecule has 0 unspecified atom stereocenters. The number of carboxylic acids is 1. The van der Waals surface area contributed by atoms with Gasteiger partial charge in [-0.25, -0.2) is 4.79 Å². The van der Waals surface area contributed by atoms with Crippen LogP contribution in [-0.2, 0) is 5.75 Å². The van der Waals surface area contributed by atoms with Crippen LogP contribution in [-0.4, -0.2) is 11.1 Å². The van der Waals surface area contributed by atoms with Gasteiger partial charge in [-0.05, 0) is 43.2 Å². The Hall–Kier alpha value is -1.74. The topological polar surface area (TPSA) is 37.3 Å². The lowest BCUT2D eigenvalue weighted by molar-refractivity contribution is 0.0697. The molecule has 0 aliphatic carbocycles. The van der Waals surface area contributed by atoms with Gasteiger partial charge in [0.05, 0.1) is 5.56 Å². The van der Waals surface area contributed by atoms with Crippen molar-refractivity contribution in [3.05, 3.63) is 64.7 Å². The molecule has 2 aromatic carbocycles. The fourth-order valence-electron chi connectivity index (χ4n) is 1.77. The lowest BCUT2D eigenvalue weighted by Crippen LogP contribution is -1.95. The van der Waals surface area contributed by atoms with Gasteiger partial charge >= 0.3 is 5.97 Å². The summed E-state index contributed by atoms with van der Waals surface area (Å²) in [6, 6.07) is 13.5. The van der Waals surface area contributed by atoms with Crippen molar-refractivity contribution in [2.75, 3.05) is 0 Å². The van der Waals surface area contributed by atoms with Crippen molar-refractivity contribution < 1.29 is 9.90 Å². The Kier molecular flexibility index (Phi) is 4.27. The molecule has 0 radical (unpaired) electrons. The monoisotopic (exact) mass is 272 g/mol. The van der Waals surface area contributed by atoms with E-state index in [1.54, 1.807) is 23.9 Å². The Bertz CT molecular complexity index is 588. The highest BCUT2D eigenvalue weighted by Gasteiger charge is 2.03. The van der Waals surface area contributed by atoms with Crippen molar-refractivity contribution in [1.29, 1.82) is 0 Å². The van der Waals surface area contributed by atoms with Gasteiger partial charge in [-0.2, -0.15) is 0 Å². The number of aryl methyl sites for hydroxylation is 2. The molecule has 0 fully saturated rings. The van der Waals surface area contributed by atoms with E-state index in [1.165, 1.54) is 16.0 Å². The van der Waals surface area contributed by atoms with Crippen LogP contribution in [0.5, 0.6) is 0 Å². The molecule has 0 atom stereocenters. The van der Waals surface area contributed by atoms with Crippen molar-refractivity contribution in [1.82, 2.24) is 0 Å². The van der Waals surface area contributed by atoms with Crippen LogP contribution < -0.4 is 0 Å². The van der Waals surface area contributed by atoms with Crippen LogP contribution in [0.1, 0.15) is 27.0 Å². The minimum Gasteiger partial charge on any atom is -0.478 e. The molecule has 0 spiro atoms. The Morgan fingerprint density at radius 3 is 2.42 bits per heavy atom. The molecule has 3 heteroatoms. The number of hydrogen-bond donors (Lipinski definition) is 1. The zero-order chi connectivity index (χ0) is 13.8. The molecule has 0 aliphatic heterocycles. The van der Waals surface area contributed by atoms with Crippen molar-refractivity contribution in [3.63, 3.8) is 0 Å². The SMILES string of the molecule is Cc1ccc(C)c(SCc2ccc(C(=O)O)cc2)c1. The first-order valence-electron chi connectivity index (χ1n) is 6.08. The number of hydrogen-bond acceptors (Lipinski definition) is 2. The second kappa shape index (κ2) is 5.93. The van der Waals surface area contributed by atoms with Crippen LogP contribution in [0.3, 0.4) is 0 Å². The zero-order valence-corrected chi connectivity index (χ0v) is 11.8. The number of aromatic carboxylic acids is 1. The average Bonchev–Trinajstić information content (AvgIpc) is 2.40. The number of benzene rings is 2. The van der Waals surface area contributed by atoms with Crippen molar-refractivity contribution in [2.45, 2.75) is 24.5 Å². The summed E-state index contributed by atoms with van der Waals surface area (Å²) in [7, 11) is 0. The first-order valence-corrected chi connectivity index (χ1v) is 7.07. The molecule has 0 amide bonds. The Morgan fingerprint density at radius 2 is 1.79 bits per heavy atom.